The smallest absolute Gasteiger partial charge is 0.251 e. The molecule has 0 spiro atoms. The lowest BCUT2D eigenvalue weighted by atomic mass is 10.0. The van der Waals surface area contributed by atoms with Crippen molar-refractivity contribution in [1.29, 1.82) is 0 Å². The van der Waals surface area contributed by atoms with Crippen LogP contribution in [0.1, 0.15) is 34.8 Å². The van der Waals surface area contributed by atoms with Crippen molar-refractivity contribution < 1.29 is 9.69 Å². The average molecular weight is 407 g/mol. The van der Waals surface area contributed by atoms with Gasteiger partial charge in [-0.05, 0) is 30.3 Å². The average Bonchev–Trinajstić information content (AvgIpc) is 3.19. The molecule has 0 aromatic heterocycles. The predicted octanol–water partition coefficient (Wildman–Crippen LogP) is 3.21. The third-order valence-electron chi connectivity index (χ3n) is 5.20. The molecule has 1 aliphatic rings. The van der Waals surface area contributed by atoms with Crippen LogP contribution < -0.4 is 15.1 Å². The number of hydrogen-bond donors (Lipinski definition) is 2. The van der Waals surface area contributed by atoms with E-state index in [-0.39, 0.29) is 11.9 Å². The molecule has 3 rings (SSSR count). The number of carbonyl (C=O) groups is 1. The Labute approximate surface area is 171 Å². The van der Waals surface area contributed by atoms with Crippen LogP contribution in [0.3, 0.4) is 0 Å². The highest BCUT2D eigenvalue weighted by molar-refractivity contribution is 6.42. The van der Waals surface area contributed by atoms with E-state index >= 15 is 0 Å². The Morgan fingerprint density at radius 1 is 1.07 bits per heavy atom. The molecule has 1 atom stereocenters. The third-order valence-corrected chi connectivity index (χ3v) is 5.94. The summed E-state index contributed by atoms with van der Waals surface area (Å²) in [6, 6.07) is 13.8. The van der Waals surface area contributed by atoms with Crippen molar-refractivity contribution in [3.05, 3.63) is 63.6 Å². The monoisotopic (exact) mass is 406 g/mol. The van der Waals surface area contributed by atoms with Gasteiger partial charge in [0, 0.05) is 43.8 Å². The molecule has 144 valence electrons. The number of nitrogens with zero attached hydrogens (tertiary/aromatic N) is 1. The number of benzene rings is 2. The molecule has 1 heterocycles. The summed E-state index contributed by atoms with van der Waals surface area (Å²) in [5, 5.41) is 3.93. The van der Waals surface area contributed by atoms with Gasteiger partial charge in [0.2, 0.25) is 0 Å². The van der Waals surface area contributed by atoms with Gasteiger partial charge in [0.1, 0.15) is 6.04 Å². The number of rotatable bonds is 6. The van der Waals surface area contributed by atoms with Crippen molar-refractivity contribution in [2.45, 2.75) is 18.9 Å². The molecule has 2 N–H and O–H groups in total. The summed E-state index contributed by atoms with van der Waals surface area (Å²) in [4.78, 5) is 16.2. The van der Waals surface area contributed by atoms with Crippen LogP contribution in [0.5, 0.6) is 0 Å². The Morgan fingerprint density at radius 3 is 2.33 bits per heavy atom. The summed E-state index contributed by atoms with van der Waals surface area (Å²) >= 11 is 12.0. The van der Waals surface area contributed by atoms with Gasteiger partial charge in [0.25, 0.3) is 5.91 Å². The largest absolute Gasteiger partial charge is 0.378 e. The number of amides is 1. The zero-order valence-corrected chi connectivity index (χ0v) is 17.3. The van der Waals surface area contributed by atoms with Crippen LogP contribution in [-0.2, 0) is 0 Å². The number of likely N-dealkylation sites (tertiary alicyclic amines) is 1. The predicted molar refractivity (Wildman–Crippen MR) is 112 cm³/mol. The van der Waals surface area contributed by atoms with Gasteiger partial charge in [-0.1, -0.05) is 35.3 Å². The normalized spacial score (nSPS) is 15.6. The molecule has 2 aromatic rings. The first kappa shape index (κ1) is 20.0. The minimum Gasteiger partial charge on any atom is -0.378 e. The van der Waals surface area contributed by atoms with Gasteiger partial charge in [0.05, 0.1) is 29.7 Å². The first-order chi connectivity index (χ1) is 13.0. The number of halogens is 2. The number of nitrogens with one attached hydrogen (secondary N) is 2. The standard InChI is InChI=1S/C21H25Cl2N3O/c1-25(2)17-8-5-15(6-9-17)20(26-11-3-4-12-26)14-24-21(27)16-7-10-18(22)19(23)13-16/h5-10,13,20H,3-4,11-12,14H2,1-2H3,(H,24,27)/p+1/t20-/m0/s1. The lowest BCUT2D eigenvalue weighted by Crippen LogP contribution is -3.11. The highest BCUT2D eigenvalue weighted by Gasteiger charge is 2.28. The molecule has 1 aliphatic heterocycles. The lowest BCUT2D eigenvalue weighted by molar-refractivity contribution is -0.918. The van der Waals surface area contributed by atoms with Gasteiger partial charge in [-0.15, -0.1) is 0 Å². The molecule has 4 nitrogen and oxygen atoms in total. The molecule has 0 radical (unpaired) electrons. The third kappa shape index (κ3) is 4.95. The van der Waals surface area contributed by atoms with E-state index in [2.05, 4.69) is 34.5 Å². The van der Waals surface area contributed by atoms with Gasteiger partial charge in [0.15, 0.2) is 0 Å². The second-order valence-electron chi connectivity index (χ2n) is 7.24. The summed E-state index contributed by atoms with van der Waals surface area (Å²) in [6.07, 6.45) is 2.48. The summed E-state index contributed by atoms with van der Waals surface area (Å²) in [7, 11) is 4.07. The van der Waals surface area contributed by atoms with Crippen LogP contribution in [0, 0.1) is 0 Å². The van der Waals surface area contributed by atoms with Crippen LogP contribution in [0.25, 0.3) is 0 Å². The molecule has 0 aliphatic carbocycles. The van der Waals surface area contributed by atoms with E-state index in [9.17, 15) is 4.79 Å². The van der Waals surface area contributed by atoms with Crippen molar-refractivity contribution in [3.8, 4) is 0 Å². The molecule has 6 heteroatoms. The van der Waals surface area contributed by atoms with Gasteiger partial charge in [-0.25, -0.2) is 0 Å². The second kappa shape index (κ2) is 8.96. The Morgan fingerprint density at radius 2 is 1.74 bits per heavy atom. The van der Waals surface area contributed by atoms with E-state index in [1.54, 1.807) is 18.2 Å². The van der Waals surface area contributed by atoms with Crippen molar-refractivity contribution in [2.24, 2.45) is 0 Å². The molecular weight excluding hydrogens is 381 g/mol. The zero-order chi connectivity index (χ0) is 19.4. The first-order valence-corrected chi connectivity index (χ1v) is 10.1. The van der Waals surface area contributed by atoms with Crippen molar-refractivity contribution in [2.75, 3.05) is 38.6 Å². The highest BCUT2D eigenvalue weighted by atomic mass is 35.5. The molecule has 2 aromatic carbocycles. The Kier molecular flexibility index (Phi) is 6.64. The quantitative estimate of drug-likeness (QED) is 0.772. The molecule has 1 amide bonds. The molecular formula is C21H26Cl2N3O+. The number of quaternary nitrogens is 1. The van der Waals surface area contributed by atoms with Gasteiger partial charge in [-0.2, -0.15) is 0 Å². The first-order valence-electron chi connectivity index (χ1n) is 9.31. The fourth-order valence-electron chi connectivity index (χ4n) is 3.61. The van der Waals surface area contributed by atoms with Crippen LogP contribution in [0.4, 0.5) is 5.69 Å². The summed E-state index contributed by atoms with van der Waals surface area (Å²) in [5.74, 6) is -0.123. The minimum atomic E-state index is -0.123. The Balaban J connectivity index is 1.73. The molecule has 0 saturated carbocycles. The van der Waals surface area contributed by atoms with Gasteiger partial charge >= 0.3 is 0 Å². The van der Waals surface area contributed by atoms with Crippen molar-refractivity contribution >= 4 is 34.8 Å². The van der Waals surface area contributed by atoms with Gasteiger partial charge < -0.3 is 15.1 Å². The van der Waals surface area contributed by atoms with Crippen LogP contribution in [0.15, 0.2) is 42.5 Å². The number of carbonyl (C=O) groups excluding carboxylic acids is 1. The molecule has 0 bridgehead atoms. The maximum absolute atomic E-state index is 12.6. The number of hydrogen-bond acceptors (Lipinski definition) is 2. The topological polar surface area (TPSA) is 36.8 Å². The molecule has 27 heavy (non-hydrogen) atoms. The van der Waals surface area contributed by atoms with E-state index in [4.69, 9.17) is 23.2 Å². The van der Waals surface area contributed by atoms with E-state index in [1.165, 1.54) is 29.0 Å². The number of anilines is 1. The molecule has 1 fully saturated rings. The van der Waals surface area contributed by atoms with Crippen molar-refractivity contribution in [1.82, 2.24) is 5.32 Å². The van der Waals surface area contributed by atoms with E-state index < -0.39 is 0 Å². The van der Waals surface area contributed by atoms with Crippen LogP contribution in [-0.4, -0.2) is 39.6 Å². The van der Waals surface area contributed by atoms with E-state index in [1.807, 2.05) is 14.1 Å². The lowest BCUT2D eigenvalue weighted by Gasteiger charge is -2.26. The van der Waals surface area contributed by atoms with E-state index in [0.29, 0.717) is 22.2 Å². The maximum Gasteiger partial charge on any atom is 0.251 e. The maximum atomic E-state index is 12.6. The zero-order valence-electron chi connectivity index (χ0n) is 15.8. The minimum absolute atomic E-state index is 0.123. The molecule has 0 unspecified atom stereocenters. The summed E-state index contributed by atoms with van der Waals surface area (Å²) < 4.78 is 0. The summed E-state index contributed by atoms with van der Waals surface area (Å²) in [6.45, 7) is 2.88. The fraction of sp³-hybridized carbons (Fsp3) is 0.381. The second-order valence-corrected chi connectivity index (χ2v) is 8.06. The van der Waals surface area contributed by atoms with Crippen molar-refractivity contribution in [3.63, 3.8) is 0 Å². The Hall–Kier alpha value is -1.75. The SMILES string of the molecule is CN(C)c1ccc([C@H](CNC(=O)c2ccc(Cl)c(Cl)c2)[NH+]2CCCC2)cc1. The van der Waals surface area contributed by atoms with Crippen LogP contribution in [0.2, 0.25) is 10.0 Å². The Bertz CT molecular complexity index is 787. The van der Waals surface area contributed by atoms with Crippen LogP contribution >= 0.6 is 23.2 Å². The summed E-state index contributed by atoms with van der Waals surface area (Å²) in [5.41, 5.74) is 2.96. The molecule has 1 saturated heterocycles. The highest BCUT2D eigenvalue weighted by Crippen LogP contribution is 2.22. The van der Waals surface area contributed by atoms with E-state index in [0.717, 1.165) is 13.1 Å². The van der Waals surface area contributed by atoms with Gasteiger partial charge in [-0.3, -0.25) is 4.79 Å². The fourth-order valence-corrected chi connectivity index (χ4v) is 3.91.